The summed E-state index contributed by atoms with van der Waals surface area (Å²) in [6.07, 6.45) is -3.56. The monoisotopic (exact) mass is 291 g/mol. The molecule has 0 atom stereocenters. The van der Waals surface area contributed by atoms with E-state index in [4.69, 9.17) is 0 Å². The van der Waals surface area contributed by atoms with Crippen LogP contribution >= 0.6 is 15.9 Å². The second kappa shape index (κ2) is 3.93. The van der Waals surface area contributed by atoms with Crippen LogP contribution in [0.15, 0.2) is 39.4 Å². The highest BCUT2D eigenvalue weighted by Crippen LogP contribution is 2.30. The molecule has 2 rings (SSSR count). The predicted molar refractivity (Wildman–Crippen MR) is 54.6 cm³/mol. The minimum Gasteiger partial charge on any atom is -0.441 e. The summed E-state index contributed by atoms with van der Waals surface area (Å²) in [5, 5.41) is 0. The molecule has 2 nitrogen and oxygen atoms in total. The maximum atomic E-state index is 12.2. The molecule has 2 aromatic rings. The number of hydrogen-bond donors (Lipinski definition) is 0. The first-order valence-corrected chi connectivity index (χ1v) is 5.05. The van der Waals surface area contributed by atoms with Crippen molar-refractivity contribution in [2.75, 3.05) is 0 Å². The van der Waals surface area contributed by atoms with Crippen molar-refractivity contribution >= 4 is 15.9 Å². The SMILES string of the molecule is FC(F)(F)c1nc(-c2ccc(Br)cc2)co1. The largest absolute Gasteiger partial charge is 0.468 e. The fourth-order valence-electron chi connectivity index (χ4n) is 1.16. The molecule has 1 heterocycles. The van der Waals surface area contributed by atoms with E-state index in [-0.39, 0.29) is 5.69 Å². The summed E-state index contributed by atoms with van der Waals surface area (Å²) in [7, 11) is 0. The lowest BCUT2D eigenvalue weighted by Gasteiger charge is -1.98. The highest BCUT2D eigenvalue weighted by Gasteiger charge is 2.37. The number of rotatable bonds is 1. The van der Waals surface area contributed by atoms with E-state index in [0.29, 0.717) is 5.56 Å². The van der Waals surface area contributed by atoms with E-state index in [1.54, 1.807) is 24.3 Å². The van der Waals surface area contributed by atoms with Crippen molar-refractivity contribution < 1.29 is 17.6 Å². The van der Waals surface area contributed by atoms with E-state index in [0.717, 1.165) is 10.7 Å². The summed E-state index contributed by atoms with van der Waals surface area (Å²) in [5.41, 5.74) is 0.738. The Bertz CT molecular complexity index is 490. The fourth-order valence-corrected chi connectivity index (χ4v) is 1.42. The van der Waals surface area contributed by atoms with Crippen molar-refractivity contribution in [3.63, 3.8) is 0 Å². The topological polar surface area (TPSA) is 26.0 Å². The van der Waals surface area contributed by atoms with E-state index in [1.165, 1.54) is 0 Å². The first-order chi connectivity index (χ1) is 7.47. The van der Waals surface area contributed by atoms with E-state index in [2.05, 4.69) is 25.3 Å². The smallest absolute Gasteiger partial charge is 0.441 e. The first-order valence-electron chi connectivity index (χ1n) is 4.25. The third-order valence-corrected chi connectivity index (χ3v) is 2.42. The second-order valence-electron chi connectivity index (χ2n) is 3.04. The Morgan fingerprint density at radius 2 is 1.75 bits per heavy atom. The zero-order valence-electron chi connectivity index (χ0n) is 7.75. The molecule has 0 bridgehead atoms. The molecule has 0 radical (unpaired) electrons. The molecule has 0 spiro atoms. The molecule has 0 fully saturated rings. The normalized spacial score (nSPS) is 11.8. The molecular formula is C10H5BrF3NO. The summed E-state index contributed by atoms with van der Waals surface area (Å²) >= 11 is 3.23. The molecule has 0 saturated heterocycles. The van der Waals surface area contributed by atoms with Gasteiger partial charge in [0, 0.05) is 10.0 Å². The van der Waals surface area contributed by atoms with Crippen molar-refractivity contribution in [2.45, 2.75) is 6.18 Å². The first kappa shape index (κ1) is 11.2. The molecule has 0 amide bonds. The van der Waals surface area contributed by atoms with Crippen molar-refractivity contribution in [3.05, 3.63) is 40.9 Å². The Hall–Kier alpha value is -1.30. The maximum Gasteiger partial charge on any atom is 0.468 e. The number of alkyl halides is 3. The van der Waals surface area contributed by atoms with Crippen LogP contribution in [0.4, 0.5) is 13.2 Å². The molecule has 0 aliphatic rings. The zero-order chi connectivity index (χ0) is 11.8. The zero-order valence-corrected chi connectivity index (χ0v) is 9.34. The van der Waals surface area contributed by atoms with Crippen LogP contribution in [0.1, 0.15) is 5.89 Å². The lowest BCUT2D eigenvalue weighted by molar-refractivity contribution is -0.157. The van der Waals surface area contributed by atoms with Gasteiger partial charge in [-0.15, -0.1) is 0 Å². The van der Waals surface area contributed by atoms with Crippen molar-refractivity contribution in [1.29, 1.82) is 0 Å². The van der Waals surface area contributed by atoms with Gasteiger partial charge >= 0.3 is 12.1 Å². The summed E-state index contributed by atoms with van der Waals surface area (Å²) in [6, 6.07) is 6.75. The molecule has 1 aromatic carbocycles. The van der Waals surface area contributed by atoms with Crippen molar-refractivity contribution in [3.8, 4) is 11.3 Å². The van der Waals surface area contributed by atoms with Crippen molar-refractivity contribution in [1.82, 2.24) is 4.98 Å². The minimum absolute atomic E-state index is 0.167. The average molecular weight is 292 g/mol. The second-order valence-corrected chi connectivity index (χ2v) is 3.96. The fraction of sp³-hybridized carbons (Fsp3) is 0.100. The van der Waals surface area contributed by atoms with E-state index < -0.39 is 12.1 Å². The number of halogens is 4. The molecule has 6 heteroatoms. The van der Waals surface area contributed by atoms with E-state index in [1.807, 2.05) is 0 Å². The van der Waals surface area contributed by atoms with Gasteiger partial charge in [0.1, 0.15) is 12.0 Å². The van der Waals surface area contributed by atoms with Gasteiger partial charge in [0.25, 0.3) is 0 Å². The maximum absolute atomic E-state index is 12.2. The Morgan fingerprint density at radius 3 is 2.25 bits per heavy atom. The Labute approximate surface area is 97.2 Å². The van der Waals surface area contributed by atoms with Gasteiger partial charge in [-0.25, -0.2) is 4.98 Å². The van der Waals surface area contributed by atoms with Gasteiger partial charge < -0.3 is 4.42 Å². The number of benzene rings is 1. The van der Waals surface area contributed by atoms with Gasteiger partial charge in [-0.05, 0) is 12.1 Å². The minimum atomic E-state index is -4.55. The van der Waals surface area contributed by atoms with Crippen LogP contribution in [-0.4, -0.2) is 4.98 Å². The highest BCUT2D eigenvalue weighted by molar-refractivity contribution is 9.10. The Balaban J connectivity index is 2.35. The summed E-state index contributed by atoms with van der Waals surface area (Å²) in [4.78, 5) is 3.37. The number of aromatic nitrogens is 1. The summed E-state index contributed by atoms with van der Waals surface area (Å²) in [6.45, 7) is 0. The molecule has 0 aliphatic carbocycles. The standard InChI is InChI=1S/C10H5BrF3NO/c11-7-3-1-6(2-4-7)8-5-16-9(15-8)10(12,13)14/h1-5H. The van der Waals surface area contributed by atoms with Gasteiger partial charge in [-0.3, -0.25) is 0 Å². The Morgan fingerprint density at radius 1 is 1.12 bits per heavy atom. The number of hydrogen-bond acceptors (Lipinski definition) is 2. The molecule has 16 heavy (non-hydrogen) atoms. The third kappa shape index (κ3) is 2.27. The van der Waals surface area contributed by atoms with Crippen molar-refractivity contribution in [2.24, 2.45) is 0 Å². The molecule has 84 valence electrons. The lowest BCUT2D eigenvalue weighted by atomic mass is 10.2. The molecule has 0 unspecified atom stereocenters. The van der Waals surface area contributed by atoms with E-state index >= 15 is 0 Å². The van der Waals surface area contributed by atoms with Crippen LogP contribution in [0.25, 0.3) is 11.3 Å². The quantitative estimate of drug-likeness (QED) is 0.790. The van der Waals surface area contributed by atoms with Crippen LogP contribution in [0, 0.1) is 0 Å². The lowest BCUT2D eigenvalue weighted by Crippen LogP contribution is -2.04. The van der Waals surface area contributed by atoms with Gasteiger partial charge in [-0.1, -0.05) is 28.1 Å². The number of nitrogens with zero attached hydrogens (tertiary/aromatic N) is 1. The number of oxazole rings is 1. The van der Waals surface area contributed by atoms with Crippen LogP contribution in [-0.2, 0) is 6.18 Å². The molecule has 0 N–H and O–H groups in total. The molecule has 0 saturated carbocycles. The van der Waals surface area contributed by atoms with Crippen LogP contribution in [0.3, 0.4) is 0 Å². The van der Waals surface area contributed by atoms with Gasteiger partial charge in [0.05, 0.1) is 0 Å². The van der Waals surface area contributed by atoms with Crippen LogP contribution in [0.5, 0.6) is 0 Å². The highest BCUT2D eigenvalue weighted by atomic mass is 79.9. The summed E-state index contributed by atoms with van der Waals surface area (Å²) < 4.78 is 41.9. The van der Waals surface area contributed by atoms with Gasteiger partial charge in [0.15, 0.2) is 0 Å². The van der Waals surface area contributed by atoms with Crippen LogP contribution in [0.2, 0.25) is 0 Å². The summed E-state index contributed by atoms with van der Waals surface area (Å²) in [5.74, 6) is -1.23. The van der Waals surface area contributed by atoms with E-state index in [9.17, 15) is 13.2 Å². The van der Waals surface area contributed by atoms with Crippen LogP contribution < -0.4 is 0 Å². The molecular weight excluding hydrogens is 287 g/mol. The van der Waals surface area contributed by atoms with Gasteiger partial charge in [-0.2, -0.15) is 13.2 Å². The van der Waals surface area contributed by atoms with Gasteiger partial charge in [0.2, 0.25) is 0 Å². The predicted octanol–water partition coefficient (Wildman–Crippen LogP) is 4.12. The third-order valence-electron chi connectivity index (χ3n) is 1.89. The molecule has 1 aromatic heterocycles. The molecule has 0 aliphatic heterocycles. The Kier molecular flexibility index (Phi) is 2.75. The average Bonchev–Trinajstić information content (AvgIpc) is 2.67.